The van der Waals surface area contributed by atoms with E-state index in [9.17, 15) is 0 Å². The van der Waals surface area contributed by atoms with Crippen molar-refractivity contribution in [3.63, 3.8) is 0 Å². The number of ether oxygens (including phenoxy) is 1. The Morgan fingerprint density at radius 1 is 0.955 bits per heavy atom. The van der Waals surface area contributed by atoms with Crippen molar-refractivity contribution >= 4 is 22.0 Å². The summed E-state index contributed by atoms with van der Waals surface area (Å²) < 4.78 is 11.8. The average molecular weight is 410 g/mol. The molecular formula is C19H33NOSn. The third kappa shape index (κ3) is 4.47. The molecule has 2 nitrogen and oxygen atoms in total. The van der Waals surface area contributed by atoms with Crippen LogP contribution in [-0.4, -0.2) is 23.4 Å². The van der Waals surface area contributed by atoms with Crippen molar-refractivity contribution in [1.29, 1.82) is 0 Å². The molecule has 1 aromatic rings. The number of nitrogens with zero attached hydrogens (tertiary/aromatic N) is 1. The van der Waals surface area contributed by atoms with E-state index in [1.54, 1.807) is 3.58 Å². The number of aromatic nitrogens is 1. The zero-order valence-electron chi connectivity index (χ0n) is 14.8. The molecule has 3 heteroatoms. The van der Waals surface area contributed by atoms with Crippen molar-refractivity contribution in [2.75, 3.05) is 0 Å². The normalized spacial score (nSPS) is 14.3. The Kier molecular flexibility index (Phi) is 7.69. The molecule has 2 heterocycles. The van der Waals surface area contributed by atoms with Gasteiger partial charge in [-0.3, -0.25) is 0 Å². The fraction of sp³-hybridized carbons (Fsp3) is 0.737. The van der Waals surface area contributed by atoms with E-state index in [2.05, 4.69) is 33.0 Å². The first kappa shape index (κ1) is 18.3. The second-order valence-electron chi connectivity index (χ2n) is 6.91. The number of pyridine rings is 1. The molecule has 0 bridgehead atoms. The Balaban J connectivity index is 2.30. The molecule has 1 aliphatic rings. The number of hydrogen-bond donors (Lipinski definition) is 0. The van der Waals surface area contributed by atoms with Crippen LogP contribution in [0.1, 0.15) is 70.6 Å². The molecule has 0 saturated carbocycles. The second kappa shape index (κ2) is 9.26. The minimum absolute atomic E-state index is 0.719. The minimum atomic E-state index is -2.28. The Hall–Kier alpha value is -0.0913. The van der Waals surface area contributed by atoms with Gasteiger partial charge in [-0.05, 0) is 0 Å². The van der Waals surface area contributed by atoms with Gasteiger partial charge in [0.05, 0.1) is 0 Å². The quantitative estimate of drug-likeness (QED) is 0.497. The molecule has 1 aliphatic heterocycles. The van der Waals surface area contributed by atoms with Crippen LogP contribution in [0.4, 0.5) is 0 Å². The molecule has 0 aromatic carbocycles. The van der Waals surface area contributed by atoms with E-state index in [1.165, 1.54) is 63.1 Å². The van der Waals surface area contributed by atoms with E-state index in [1.807, 2.05) is 0 Å². The van der Waals surface area contributed by atoms with Gasteiger partial charge in [-0.2, -0.15) is 0 Å². The van der Waals surface area contributed by atoms with Crippen LogP contribution in [0.25, 0.3) is 0 Å². The van der Waals surface area contributed by atoms with Gasteiger partial charge in [-0.1, -0.05) is 0 Å². The van der Waals surface area contributed by atoms with E-state index in [0.29, 0.717) is 0 Å². The zero-order valence-corrected chi connectivity index (χ0v) is 17.6. The van der Waals surface area contributed by atoms with Gasteiger partial charge in [-0.15, -0.1) is 0 Å². The molecule has 0 unspecified atom stereocenters. The predicted molar refractivity (Wildman–Crippen MR) is 97.3 cm³/mol. The Bertz CT molecular complexity index is 439. The third-order valence-electron chi connectivity index (χ3n) is 5.20. The number of unbranched alkanes of at least 4 members (excludes halogenated alkanes) is 3. The molecule has 0 N–H and O–H groups in total. The maximum atomic E-state index is 5.59. The molecule has 22 heavy (non-hydrogen) atoms. The molecule has 1 aromatic heterocycles. The molecule has 0 atom stereocenters. The molecular weight excluding hydrogens is 377 g/mol. The summed E-state index contributed by atoms with van der Waals surface area (Å²) in [4.78, 5) is 4.78. The number of fused-ring (bicyclic) bond motifs is 1. The van der Waals surface area contributed by atoms with Gasteiger partial charge < -0.3 is 0 Å². The van der Waals surface area contributed by atoms with Crippen LogP contribution in [0.15, 0.2) is 12.3 Å². The summed E-state index contributed by atoms with van der Waals surface area (Å²) in [5.41, 5.74) is 2.56. The zero-order chi connectivity index (χ0) is 15.8. The Morgan fingerprint density at radius 3 is 2.09 bits per heavy atom. The Morgan fingerprint density at radius 2 is 1.55 bits per heavy atom. The van der Waals surface area contributed by atoms with Gasteiger partial charge in [0.15, 0.2) is 0 Å². The molecule has 2 rings (SSSR count). The first-order valence-electron chi connectivity index (χ1n) is 9.31. The van der Waals surface area contributed by atoms with Gasteiger partial charge in [0, 0.05) is 0 Å². The third-order valence-corrected chi connectivity index (χ3v) is 20.7. The van der Waals surface area contributed by atoms with Gasteiger partial charge in [-0.25, -0.2) is 0 Å². The standard InChI is InChI=1S/C7H6NO.3C4H9.Sn/c1-2-6-4-9-5-7(6)8-3-1;3*1-3-4-2;/h2-3H,4-5H2;3*1,3-4H2,2H3;. The molecule has 0 radical (unpaired) electrons. The fourth-order valence-electron chi connectivity index (χ4n) is 3.69. The van der Waals surface area contributed by atoms with Crippen molar-refractivity contribution < 1.29 is 4.74 Å². The summed E-state index contributed by atoms with van der Waals surface area (Å²) in [5, 5.41) is 0. The van der Waals surface area contributed by atoms with Crippen LogP contribution in [0, 0.1) is 0 Å². The van der Waals surface area contributed by atoms with Crippen molar-refractivity contribution in [2.24, 2.45) is 0 Å². The fourth-order valence-corrected chi connectivity index (χ4v) is 19.5. The molecule has 0 amide bonds. The topological polar surface area (TPSA) is 22.1 Å². The van der Waals surface area contributed by atoms with E-state index in [0.717, 1.165) is 13.2 Å². The first-order chi connectivity index (χ1) is 10.8. The van der Waals surface area contributed by atoms with Gasteiger partial charge >= 0.3 is 141 Å². The van der Waals surface area contributed by atoms with E-state index < -0.39 is 18.4 Å². The van der Waals surface area contributed by atoms with Crippen LogP contribution in [0.5, 0.6) is 0 Å². The van der Waals surface area contributed by atoms with E-state index >= 15 is 0 Å². The van der Waals surface area contributed by atoms with Crippen molar-refractivity contribution in [3.05, 3.63) is 23.5 Å². The predicted octanol–water partition coefficient (Wildman–Crippen LogP) is 5.17. The SMILES string of the molecule is CCC[CH2][Sn]([CH2]CCC)([CH2]CCC)[c]1cnc2c(c1)COC2. The molecule has 0 fully saturated rings. The molecule has 124 valence electrons. The van der Waals surface area contributed by atoms with Crippen LogP contribution in [-0.2, 0) is 18.0 Å². The van der Waals surface area contributed by atoms with E-state index in [4.69, 9.17) is 9.72 Å². The second-order valence-corrected chi connectivity index (χ2v) is 20.2. The first-order valence-corrected chi connectivity index (χ1v) is 16.8. The monoisotopic (exact) mass is 411 g/mol. The van der Waals surface area contributed by atoms with Gasteiger partial charge in [0.1, 0.15) is 0 Å². The van der Waals surface area contributed by atoms with Crippen molar-refractivity contribution in [1.82, 2.24) is 4.98 Å². The summed E-state index contributed by atoms with van der Waals surface area (Å²) in [6, 6.07) is 2.51. The summed E-state index contributed by atoms with van der Waals surface area (Å²) in [6.07, 6.45) is 10.5. The van der Waals surface area contributed by atoms with E-state index in [-0.39, 0.29) is 0 Å². The summed E-state index contributed by atoms with van der Waals surface area (Å²) in [6.45, 7) is 8.52. The maximum absolute atomic E-state index is 5.59. The van der Waals surface area contributed by atoms with Crippen LogP contribution >= 0.6 is 0 Å². The number of hydrogen-bond acceptors (Lipinski definition) is 2. The van der Waals surface area contributed by atoms with Crippen LogP contribution in [0.3, 0.4) is 0 Å². The van der Waals surface area contributed by atoms with Gasteiger partial charge in [0.2, 0.25) is 0 Å². The molecule has 0 spiro atoms. The molecule has 0 saturated heterocycles. The van der Waals surface area contributed by atoms with Gasteiger partial charge in [0.25, 0.3) is 0 Å². The van der Waals surface area contributed by atoms with Crippen molar-refractivity contribution in [3.8, 4) is 0 Å². The van der Waals surface area contributed by atoms with Crippen LogP contribution < -0.4 is 3.58 Å². The Labute approximate surface area is 140 Å². The van der Waals surface area contributed by atoms with Crippen LogP contribution in [0.2, 0.25) is 13.3 Å². The van der Waals surface area contributed by atoms with Crippen molar-refractivity contribution in [2.45, 2.75) is 85.8 Å². The summed E-state index contributed by atoms with van der Waals surface area (Å²) in [7, 11) is 0. The summed E-state index contributed by atoms with van der Waals surface area (Å²) in [5.74, 6) is 0. The average Bonchev–Trinajstić information content (AvgIpc) is 3.02. The molecule has 0 aliphatic carbocycles. The number of rotatable bonds is 10. The summed E-state index contributed by atoms with van der Waals surface area (Å²) >= 11 is -2.28.